The Morgan fingerprint density at radius 1 is 0.455 bits per heavy atom. The molecule has 25 heteroatoms. The Labute approximate surface area is 577 Å². The van der Waals surface area contributed by atoms with Crippen molar-refractivity contribution in [1.82, 2.24) is 29.7 Å². The van der Waals surface area contributed by atoms with Crippen molar-refractivity contribution in [2.24, 2.45) is 5.73 Å². The smallest absolute Gasteiger partial charge is 0.294 e. The van der Waals surface area contributed by atoms with Gasteiger partial charge in [-0.15, -0.1) is 0 Å². The predicted octanol–water partition coefficient (Wildman–Crippen LogP) is 7.48. The van der Waals surface area contributed by atoms with Crippen molar-refractivity contribution in [3.05, 3.63) is 249 Å². The largest absolute Gasteiger partial charge is 0.497 e. The third-order valence-electron chi connectivity index (χ3n) is 16.7. The van der Waals surface area contributed by atoms with Gasteiger partial charge in [0.2, 0.25) is 0 Å². The van der Waals surface area contributed by atoms with Gasteiger partial charge in [0.15, 0.2) is 0 Å². The maximum absolute atomic E-state index is 14.8. The summed E-state index contributed by atoms with van der Waals surface area (Å²) in [5.41, 5.74) is 13.0. The van der Waals surface area contributed by atoms with Crippen LogP contribution >= 0.6 is 22.1 Å². The molecule has 20 nitrogen and oxygen atoms in total. The van der Waals surface area contributed by atoms with Crippen LogP contribution < -0.4 is 42.7 Å². The molecule has 1 saturated heterocycles. The summed E-state index contributed by atoms with van der Waals surface area (Å²) in [5, 5.41) is -0.112. The lowest BCUT2D eigenvalue weighted by atomic mass is 10.1. The Kier molecular flexibility index (Phi) is 23.5. The Hall–Kier alpha value is -8.52. The van der Waals surface area contributed by atoms with Gasteiger partial charge in [0.25, 0.3) is 42.3 Å². The molecule has 3 unspecified atom stereocenters. The van der Waals surface area contributed by atoms with Crippen LogP contribution in [0.5, 0.6) is 5.75 Å². The molecule has 1 aliphatic rings. The van der Waals surface area contributed by atoms with E-state index in [0.717, 1.165) is 70.8 Å². The first-order chi connectivity index (χ1) is 47.1. The van der Waals surface area contributed by atoms with Crippen molar-refractivity contribution in [1.29, 1.82) is 0 Å². The van der Waals surface area contributed by atoms with Crippen LogP contribution in [0, 0.1) is 56.3 Å². The van der Waals surface area contributed by atoms with Gasteiger partial charge in [-0.2, -0.15) is 16.8 Å². The van der Waals surface area contributed by atoms with E-state index in [9.17, 15) is 54.3 Å². The predicted molar refractivity (Wildman–Crippen MR) is 385 cm³/mol. The first-order valence-corrected chi connectivity index (χ1v) is 39.5. The SMILES string of the molecule is COc1ccc(C#Cc2cc(CN3CCN(Cc4cc(C#Cc5ccc(C)cc5)cc(P(=O)(O)c5ccc(S(=O)(=O)O)cc5)n4)CCN(Cc4cc(C#Cc5ccc(C)cc5)cc(P(=O)(O)c5ccc(C)cc5)n4)[C@H](CCCCN)C3)nc(P(=O)(O)c3ccc(S(=O)(=O)O)cc3)c2)cc1. The number of hydrogen-bond donors (Lipinski definition) is 6. The van der Waals surface area contributed by atoms with E-state index in [4.69, 9.17) is 25.4 Å². The number of unbranched alkanes of at least 4 members (excludes halogenated alkanes) is 1. The number of aromatic nitrogens is 3. The molecule has 9 aromatic rings. The molecule has 1 aliphatic heterocycles. The van der Waals surface area contributed by atoms with E-state index >= 15 is 0 Å². The topological polar surface area (TPSA) is 304 Å². The van der Waals surface area contributed by atoms with Crippen molar-refractivity contribution in [3.8, 4) is 41.3 Å². The summed E-state index contributed by atoms with van der Waals surface area (Å²) in [6, 6.07) is 47.3. The standard InChI is InChI=1S/C74H74N7O13P3S2/c1-53-8-14-56(15-9-53)18-21-59-43-62(76-72(46-59)96(84,85)68-30-34-70(35-31-68)98(88,89)90)49-79-39-40-80(50-63-44-60(23-20-58-24-26-66(94-4)27-25-58)47-73(77-63)97(86,87)69-32-36-71(37-33-69)99(91,92)93)52-65(7-5-6-38-75)81(42-41-79)51-64-45-61(22-19-57-16-10-54(2)11-17-57)48-74(78-64)95(82,83)67-28-12-55(3)13-29-67/h8-17,24-37,43-48,65H,5-7,38-42,49-52,75H2,1-4H3,(H,82,83)(H,84,85)(H,86,87)(H,88,89,90)(H,91,92,93)/t65-/m1/s1. The fraction of sp³-hybridized carbons (Fsp3) is 0.230. The first-order valence-electron chi connectivity index (χ1n) is 31.6. The van der Waals surface area contributed by atoms with Gasteiger partial charge < -0.3 is 25.2 Å². The van der Waals surface area contributed by atoms with Gasteiger partial charge in [-0.1, -0.05) is 95.0 Å². The Morgan fingerprint density at radius 3 is 1.17 bits per heavy atom. The van der Waals surface area contributed by atoms with Crippen LogP contribution in [0.1, 0.15) is 86.4 Å². The van der Waals surface area contributed by atoms with Gasteiger partial charge in [0.1, 0.15) is 22.1 Å². The third kappa shape index (κ3) is 19.5. The monoisotopic (exact) mass is 1430 g/mol. The fourth-order valence-corrected chi connectivity index (χ4v) is 16.3. The molecule has 3 aromatic heterocycles. The molecular formula is C74H74N7O13P3S2. The molecule has 0 radical (unpaired) electrons. The van der Waals surface area contributed by atoms with Crippen molar-refractivity contribution < 1.29 is 59.1 Å². The van der Waals surface area contributed by atoms with E-state index in [1.807, 2.05) is 75.4 Å². The normalized spacial score (nSPS) is 15.9. The van der Waals surface area contributed by atoms with Crippen LogP contribution in [0.3, 0.4) is 0 Å². The van der Waals surface area contributed by atoms with Gasteiger partial charge >= 0.3 is 0 Å². The summed E-state index contributed by atoms with van der Waals surface area (Å²) in [5.74, 6) is 19.7. The highest BCUT2D eigenvalue weighted by atomic mass is 32.2. The minimum atomic E-state index is -4.65. The lowest BCUT2D eigenvalue weighted by molar-refractivity contribution is 0.126. The lowest BCUT2D eigenvalue weighted by Gasteiger charge is -2.35. The van der Waals surface area contributed by atoms with E-state index in [1.54, 1.807) is 73.8 Å². The van der Waals surface area contributed by atoms with E-state index in [2.05, 4.69) is 50.2 Å². The van der Waals surface area contributed by atoms with Crippen LogP contribution in [0.25, 0.3) is 0 Å². The molecule has 1 fully saturated rings. The number of hydrogen-bond acceptors (Lipinski definition) is 15. The van der Waals surface area contributed by atoms with E-state index in [-0.39, 0.29) is 57.9 Å². The van der Waals surface area contributed by atoms with Gasteiger partial charge in [0, 0.05) is 108 Å². The molecule has 0 saturated carbocycles. The lowest BCUT2D eigenvalue weighted by Crippen LogP contribution is -2.45. The second-order valence-corrected chi connectivity index (χ2v) is 33.5. The summed E-state index contributed by atoms with van der Waals surface area (Å²) >= 11 is 0. The van der Waals surface area contributed by atoms with Crippen molar-refractivity contribution in [3.63, 3.8) is 0 Å². The number of nitrogens with zero attached hydrogens (tertiary/aromatic N) is 6. The van der Waals surface area contributed by atoms with Gasteiger partial charge in [-0.3, -0.25) is 37.5 Å². The minimum Gasteiger partial charge on any atom is -0.497 e. The zero-order valence-corrected chi connectivity index (χ0v) is 59.1. The van der Waals surface area contributed by atoms with Gasteiger partial charge in [-0.05, 0) is 186 Å². The summed E-state index contributed by atoms with van der Waals surface area (Å²) in [6.07, 6.45) is 1.98. The highest BCUT2D eigenvalue weighted by Crippen LogP contribution is 2.40. The number of nitrogens with two attached hydrogens (primary N) is 1. The summed E-state index contributed by atoms with van der Waals surface area (Å²) < 4.78 is 118. The molecule has 4 atom stereocenters. The average molecular weight is 1430 g/mol. The Balaban J connectivity index is 1.10. The van der Waals surface area contributed by atoms with Crippen molar-refractivity contribution >= 4 is 74.6 Å². The van der Waals surface area contributed by atoms with Gasteiger partial charge in [-0.25, -0.2) is 15.0 Å². The summed E-state index contributed by atoms with van der Waals surface area (Å²) in [4.78, 5) is 56.6. The van der Waals surface area contributed by atoms with Crippen LogP contribution in [-0.2, 0) is 53.6 Å². The molecule has 10 rings (SSSR count). The highest BCUT2D eigenvalue weighted by Gasteiger charge is 2.33. The fourth-order valence-electron chi connectivity index (χ4n) is 11.1. The zero-order chi connectivity index (χ0) is 70.7. The molecule has 99 heavy (non-hydrogen) atoms. The van der Waals surface area contributed by atoms with E-state index < -0.39 is 52.1 Å². The van der Waals surface area contributed by atoms with Crippen LogP contribution in [0.15, 0.2) is 192 Å². The quantitative estimate of drug-likeness (QED) is 0.0198. The van der Waals surface area contributed by atoms with E-state index in [0.29, 0.717) is 109 Å². The van der Waals surface area contributed by atoms with Crippen molar-refractivity contribution in [2.45, 2.75) is 75.5 Å². The molecular weight excluding hydrogens is 1350 g/mol. The summed E-state index contributed by atoms with van der Waals surface area (Å²) in [7, 11) is -21.3. The molecule has 0 bridgehead atoms. The van der Waals surface area contributed by atoms with Crippen LogP contribution in [0.4, 0.5) is 0 Å². The second kappa shape index (κ2) is 31.8. The molecule has 7 N–H and O–H groups in total. The molecule has 0 aliphatic carbocycles. The van der Waals surface area contributed by atoms with Crippen LogP contribution in [-0.4, -0.2) is 123 Å². The number of pyridine rings is 3. The summed E-state index contributed by atoms with van der Waals surface area (Å²) in [6.45, 7) is 8.32. The molecule has 0 spiro atoms. The second-order valence-electron chi connectivity index (χ2n) is 24.2. The zero-order valence-electron chi connectivity index (χ0n) is 54.8. The third-order valence-corrected chi connectivity index (χ3v) is 24.0. The van der Waals surface area contributed by atoms with Gasteiger partial charge in [0.05, 0.1) is 34.0 Å². The number of ether oxygens (including phenoxy) is 1. The Morgan fingerprint density at radius 2 is 0.788 bits per heavy atom. The average Bonchev–Trinajstić information content (AvgIpc) is 0.878. The molecule has 510 valence electrons. The molecule has 0 amide bonds. The van der Waals surface area contributed by atoms with Crippen LogP contribution in [0.2, 0.25) is 0 Å². The highest BCUT2D eigenvalue weighted by molar-refractivity contribution is 7.86. The maximum atomic E-state index is 14.8. The molecule has 6 aromatic carbocycles. The minimum absolute atomic E-state index is 0.0561. The number of aryl methyl sites for hydroxylation is 3. The number of benzene rings is 6. The molecule has 4 heterocycles. The number of methoxy groups -OCH3 is 1. The van der Waals surface area contributed by atoms with Crippen molar-refractivity contribution in [2.75, 3.05) is 46.4 Å². The van der Waals surface area contributed by atoms with E-state index in [1.165, 1.54) is 12.1 Å². The number of rotatable bonds is 19. The Bertz CT molecular complexity index is 5020. The maximum Gasteiger partial charge on any atom is 0.294 e. The first kappa shape index (κ1) is 73.2.